The van der Waals surface area contributed by atoms with E-state index in [1.54, 1.807) is 0 Å². The summed E-state index contributed by atoms with van der Waals surface area (Å²) >= 11 is 0. The Hall–Kier alpha value is -0.130. The average Bonchev–Trinajstić information content (AvgIpc) is 2.59. The van der Waals surface area contributed by atoms with Crippen LogP contribution in [0.1, 0.15) is 53.9 Å². The molecule has 2 heteroatoms. The lowest BCUT2D eigenvalue weighted by molar-refractivity contribution is 0.969. The van der Waals surface area contributed by atoms with Gasteiger partial charge in [-0.3, -0.25) is 0 Å². The minimum Gasteiger partial charge on any atom is -0.111 e. The zero-order chi connectivity index (χ0) is 11.4. The fourth-order valence-electron chi connectivity index (χ4n) is 3.92. The Labute approximate surface area is 97.1 Å². The summed E-state index contributed by atoms with van der Waals surface area (Å²) in [5.41, 5.74) is 4.59. The Morgan fingerprint density at radius 1 is 0.800 bits per heavy atom. The highest BCUT2D eigenvalue weighted by atomic mass is 14.1. The van der Waals surface area contributed by atoms with Crippen molar-refractivity contribution in [2.75, 3.05) is 0 Å². The SMILES string of the molecule is CCB1C(CC)=C(CC)B(CC)C1CC. The molecule has 0 saturated heterocycles. The van der Waals surface area contributed by atoms with Crippen LogP contribution in [0.15, 0.2) is 10.9 Å². The van der Waals surface area contributed by atoms with Crippen molar-refractivity contribution in [3.63, 3.8) is 0 Å². The molecule has 0 N–H and O–H groups in total. The molecule has 15 heavy (non-hydrogen) atoms. The largest absolute Gasteiger partial charge is 0.165 e. The summed E-state index contributed by atoms with van der Waals surface area (Å²) in [7, 11) is 0. The summed E-state index contributed by atoms with van der Waals surface area (Å²) in [5.74, 6) is 0. The van der Waals surface area contributed by atoms with E-state index in [4.69, 9.17) is 0 Å². The summed E-state index contributed by atoms with van der Waals surface area (Å²) in [6.07, 6.45) is 6.64. The van der Waals surface area contributed by atoms with Gasteiger partial charge >= 0.3 is 0 Å². The van der Waals surface area contributed by atoms with Crippen LogP contribution in [-0.4, -0.2) is 13.4 Å². The predicted octanol–water partition coefficient (Wildman–Crippen LogP) is 4.54. The molecule has 0 amide bonds. The Morgan fingerprint density at radius 2 is 1.20 bits per heavy atom. The lowest BCUT2D eigenvalue weighted by Gasteiger charge is -2.20. The van der Waals surface area contributed by atoms with E-state index in [0.29, 0.717) is 0 Å². The summed E-state index contributed by atoms with van der Waals surface area (Å²) in [6, 6.07) is 0. The van der Waals surface area contributed by atoms with Crippen LogP contribution in [0.5, 0.6) is 0 Å². The van der Waals surface area contributed by atoms with Crippen molar-refractivity contribution in [2.24, 2.45) is 0 Å². The lowest BCUT2D eigenvalue weighted by Crippen LogP contribution is -2.26. The van der Waals surface area contributed by atoms with E-state index in [1.165, 1.54) is 31.9 Å². The Balaban J connectivity index is 3.02. The molecule has 1 heterocycles. The Morgan fingerprint density at radius 3 is 1.40 bits per heavy atom. The van der Waals surface area contributed by atoms with Gasteiger partial charge in [0.25, 0.3) is 0 Å². The molecule has 0 spiro atoms. The molecule has 0 aromatic rings. The van der Waals surface area contributed by atoms with Crippen LogP contribution >= 0.6 is 0 Å². The first kappa shape index (κ1) is 12.9. The molecule has 1 aliphatic heterocycles. The van der Waals surface area contributed by atoms with Gasteiger partial charge in [0.05, 0.1) is 0 Å². The molecule has 0 atom stereocenters. The third-order valence-corrected chi connectivity index (χ3v) is 4.45. The van der Waals surface area contributed by atoms with Crippen LogP contribution < -0.4 is 0 Å². The fraction of sp³-hybridized carbons (Fsp3) is 0.846. The van der Waals surface area contributed by atoms with Gasteiger partial charge in [-0.2, -0.15) is 0 Å². The molecule has 0 fully saturated rings. The quantitative estimate of drug-likeness (QED) is 0.576. The molecule has 0 aromatic heterocycles. The first-order valence-electron chi connectivity index (χ1n) is 6.96. The molecule has 0 aromatic carbocycles. The molecule has 84 valence electrons. The van der Waals surface area contributed by atoms with E-state index in [1.807, 2.05) is 10.9 Å². The highest BCUT2D eigenvalue weighted by Crippen LogP contribution is 2.42. The van der Waals surface area contributed by atoms with E-state index in [0.717, 1.165) is 19.1 Å². The van der Waals surface area contributed by atoms with Crippen molar-refractivity contribution in [3.8, 4) is 0 Å². The van der Waals surface area contributed by atoms with Crippen molar-refractivity contribution in [2.45, 2.75) is 72.2 Å². The van der Waals surface area contributed by atoms with Gasteiger partial charge in [0.2, 0.25) is 0 Å². The molecule has 1 aliphatic rings. The van der Waals surface area contributed by atoms with Gasteiger partial charge in [0, 0.05) is 0 Å². The zero-order valence-electron chi connectivity index (χ0n) is 11.3. The van der Waals surface area contributed by atoms with Crippen LogP contribution in [0.4, 0.5) is 0 Å². The van der Waals surface area contributed by atoms with Gasteiger partial charge in [0.15, 0.2) is 13.4 Å². The van der Waals surface area contributed by atoms with E-state index in [-0.39, 0.29) is 0 Å². The fourth-order valence-corrected chi connectivity index (χ4v) is 3.92. The smallest absolute Gasteiger partial charge is 0.111 e. The van der Waals surface area contributed by atoms with Crippen LogP contribution in [0.2, 0.25) is 18.4 Å². The third-order valence-electron chi connectivity index (χ3n) is 4.45. The highest BCUT2D eigenvalue weighted by Gasteiger charge is 2.41. The minimum absolute atomic E-state index is 0.903. The van der Waals surface area contributed by atoms with Crippen molar-refractivity contribution in [1.29, 1.82) is 0 Å². The second-order valence-corrected chi connectivity index (χ2v) is 4.86. The summed E-state index contributed by atoms with van der Waals surface area (Å²) < 4.78 is 0. The monoisotopic (exact) mass is 204 g/mol. The van der Waals surface area contributed by atoms with Crippen LogP contribution in [-0.2, 0) is 0 Å². The van der Waals surface area contributed by atoms with Crippen LogP contribution in [0.3, 0.4) is 0 Å². The number of allylic oxidation sites excluding steroid dienone is 2. The molecular formula is C13H26B2. The zero-order valence-corrected chi connectivity index (χ0v) is 11.3. The Bertz CT molecular complexity index is 211. The number of hydrogen-bond donors (Lipinski definition) is 0. The van der Waals surface area contributed by atoms with E-state index < -0.39 is 0 Å². The van der Waals surface area contributed by atoms with Gasteiger partial charge < -0.3 is 0 Å². The van der Waals surface area contributed by atoms with Gasteiger partial charge in [-0.15, -0.1) is 10.9 Å². The molecule has 1 rings (SSSR count). The summed E-state index contributed by atoms with van der Waals surface area (Å²) in [5, 5.41) is 0. The molecule has 0 nitrogen and oxygen atoms in total. The standard InChI is InChI=1S/C13H26B2/c1-6-11-12(7-2)15(10-5)13(8-3)14(11)9-4/h13H,6-10H2,1-5H3. The maximum Gasteiger partial charge on any atom is 0.165 e. The van der Waals surface area contributed by atoms with Crippen molar-refractivity contribution < 1.29 is 0 Å². The molecular weight excluding hydrogens is 178 g/mol. The van der Waals surface area contributed by atoms with Gasteiger partial charge in [-0.25, -0.2) is 0 Å². The molecule has 0 saturated carbocycles. The molecule has 0 radical (unpaired) electrons. The highest BCUT2D eigenvalue weighted by molar-refractivity contribution is 6.92. The summed E-state index contributed by atoms with van der Waals surface area (Å²) in [4.78, 5) is 0. The average molecular weight is 204 g/mol. The third kappa shape index (κ3) is 2.19. The molecule has 0 unspecified atom stereocenters. The number of rotatable bonds is 5. The van der Waals surface area contributed by atoms with Gasteiger partial charge in [-0.1, -0.05) is 59.4 Å². The van der Waals surface area contributed by atoms with Crippen LogP contribution in [0.25, 0.3) is 0 Å². The molecule has 0 bridgehead atoms. The van der Waals surface area contributed by atoms with Crippen molar-refractivity contribution >= 4 is 13.4 Å². The van der Waals surface area contributed by atoms with Crippen LogP contribution in [0, 0.1) is 0 Å². The first-order chi connectivity index (χ1) is 7.24. The first-order valence-corrected chi connectivity index (χ1v) is 6.96. The van der Waals surface area contributed by atoms with Crippen molar-refractivity contribution in [1.82, 2.24) is 0 Å². The maximum absolute atomic E-state index is 2.38. The second-order valence-electron chi connectivity index (χ2n) is 4.86. The lowest BCUT2D eigenvalue weighted by atomic mass is 9.23. The van der Waals surface area contributed by atoms with Gasteiger partial charge in [-0.05, 0) is 12.8 Å². The van der Waals surface area contributed by atoms with E-state index in [2.05, 4.69) is 34.6 Å². The van der Waals surface area contributed by atoms with Gasteiger partial charge in [0.1, 0.15) is 0 Å². The maximum atomic E-state index is 2.38. The Kier molecular flexibility index (Phi) is 5.02. The van der Waals surface area contributed by atoms with Crippen molar-refractivity contribution in [3.05, 3.63) is 10.9 Å². The van der Waals surface area contributed by atoms with E-state index >= 15 is 0 Å². The predicted molar refractivity (Wildman–Crippen MR) is 74.1 cm³/mol. The molecule has 0 aliphatic carbocycles. The van der Waals surface area contributed by atoms with E-state index in [9.17, 15) is 0 Å². The summed E-state index contributed by atoms with van der Waals surface area (Å²) in [6.45, 7) is 13.6. The normalized spacial score (nSPS) is 18.2. The minimum atomic E-state index is 0.903. The topological polar surface area (TPSA) is 0 Å². The second kappa shape index (κ2) is 5.82. The number of hydrogen-bond acceptors (Lipinski definition) is 0.